The molecule has 7 rings (SSSR count). The first-order valence-corrected chi connectivity index (χ1v) is 16.0. The standard InChI is InChI=1S/C21H23F2N10O10PS/c1-7-30-18-13(19(34)31-7)28-6-33(18)21-11(23)15-9(41-21)3-39-44(35,36)42-14-8(2-29-45(37,38)43-15)40-20(10(14)22)32-5-27-12-16(24)25-4-26-17(12)32/h4-6,8-11,14-15,20-21,29H,2-3H2,1H3,(H,35,36)(H2,24,25,26)(H,30,31,34)/t8-,9-,10-,11+,14-,15-,20-,21-/m1/s1. The Morgan fingerprint density at radius 2 is 1.69 bits per heavy atom. The number of nitrogens with two attached hydrogens (primary N) is 1. The van der Waals surface area contributed by atoms with Gasteiger partial charge in [-0.15, -0.1) is 0 Å². The van der Waals surface area contributed by atoms with Gasteiger partial charge in [-0.05, 0) is 6.92 Å². The number of aromatic nitrogens is 8. The average Bonchev–Trinajstić information content (AvgIpc) is 3.72. The Labute approximate surface area is 249 Å². The van der Waals surface area contributed by atoms with Crippen LogP contribution in [0.25, 0.3) is 22.3 Å². The van der Waals surface area contributed by atoms with Crippen LogP contribution in [0.3, 0.4) is 0 Å². The second kappa shape index (κ2) is 10.8. The van der Waals surface area contributed by atoms with Crippen LogP contribution in [0.15, 0.2) is 23.8 Å². The summed E-state index contributed by atoms with van der Waals surface area (Å²) in [4.78, 5) is 45.1. The van der Waals surface area contributed by atoms with Gasteiger partial charge in [0.15, 0.2) is 47.4 Å². The van der Waals surface area contributed by atoms with Crippen molar-refractivity contribution in [2.24, 2.45) is 0 Å². The molecule has 3 saturated heterocycles. The zero-order valence-electron chi connectivity index (χ0n) is 22.7. The van der Waals surface area contributed by atoms with Crippen LogP contribution in [0.1, 0.15) is 18.3 Å². The molecule has 0 aromatic carbocycles. The largest absolute Gasteiger partial charge is 0.472 e. The molecule has 3 fully saturated rings. The van der Waals surface area contributed by atoms with E-state index in [1.807, 2.05) is 4.72 Å². The summed E-state index contributed by atoms with van der Waals surface area (Å²) >= 11 is 0. The second-order valence-corrected chi connectivity index (χ2v) is 13.1. The Balaban J connectivity index is 1.17. The molecule has 0 amide bonds. The number of alkyl halides is 2. The number of hydrogen-bond acceptors (Lipinski definition) is 15. The van der Waals surface area contributed by atoms with Crippen molar-refractivity contribution in [2.45, 2.75) is 56.1 Å². The molecule has 20 nitrogen and oxygen atoms in total. The molecule has 3 aliphatic rings. The molecule has 4 aromatic heterocycles. The maximum absolute atomic E-state index is 15.9. The van der Waals surface area contributed by atoms with Gasteiger partial charge >= 0.3 is 18.1 Å². The van der Waals surface area contributed by atoms with Gasteiger partial charge in [0.25, 0.3) is 5.56 Å². The summed E-state index contributed by atoms with van der Waals surface area (Å²) in [7, 11) is -9.95. The zero-order valence-corrected chi connectivity index (χ0v) is 24.4. The molecule has 0 bridgehead atoms. The molecule has 1 unspecified atom stereocenters. The molecule has 0 radical (unpaired) electrons. The van der Waals surface area contributed by atoms with Crippen molar-refractivity contribution < 1.29 is 49.4 Å². The predicted octanol–water partition coefficient (Wildman–Crippen LogP) is -0.943. The van der Waals surface area contributed by atoms with Crippen LogP contribution in [0.4, 0.5) is 14.6 Å². The second-order valence-electron chi connectivity index (χ2n) is 10.3. The van der Waals surface area contributed by atoms with E-state index in [0.29, 0.717) is 0 Å². The molecule has 0 aliphatic carbocycles. The van der Waals surface area contributed by atoms with Crippen molar-refractivity contribution in [2.75, 3.05) is 18.9 Å². The Morgan fingerprint density at radius 1 is 1.02 bits per heavy atom. The van der Waals surface area contributed by atoms with E-state index in [4.69, 9.17) is 28.4 Å². The predicted molar refractivity (Wildman–Crippen MR) is 143 cm³/mol. The summed E-state index contributed by atoms with van der Waals surface area (Å²) in [5.41, 5.74) is 5.14. The van der Waals surface area contributed by atoms with Crippen LogP contribution in [-0.2, 0) is 37.6 Å². The van der Waals surface area contributed by atoms with E-state index >= 15 is 8.78 Å². The van der Waals surface area contributed by atoms with Crippen LogP contribution < -0.4 is 16.0 Å². The van der Waals surface area contributed by atoms with Crippen LogP contribution in [0.2, 0.25) is 0 Å². The number of hydrogen-bond donors (Lipinski definition) is 4. The highest BCUT2D eigenvalue weighted by Gasteiger charge is 2.54. The number of phosphoric ester groups is 1. The normalized spacial score (nSPS) is 35.6. The van der Waals surface area contributed by atoms with Gasteiger partial charge in [0, 0.05) is 6.54 Å². The average molecular weight is 677 g/mol. The molecule has 0 spiro atoms. The molecular weight excluding hydrogens is 653 g/mol. The monoisotopic (exact) mass is 676 g/mol. The first-order valence-electron chi connectivity index (χ1n) is 13.1. The van der Waals surface area contributed by atoms with Crippen LogP contribution in [-0.4, -0.2) is 102 Å². The number of aromatic amines is 1. The number of H-pyrrole nitrogens is 1. The SMILES string of the molecule is Cc1nc2c(ncn2[C@@H]2O[C@@H]3COP(=O)(O)O[C@H]4[C@@H](F)[C@H](n5cnc6c(N)ncnc65)O[C@@H]4CNS(=O)(=O)O[C@H]3[C@@H]2F)c(=O)[nH]1. The van der Waals surface area contributed by atoms with Gasteiger partial charge in [-0.25, -0.2) is 42.4 Å². The molecule has 9 atom stereocenters. The minimum absolute atomic E-state index is 0.00417. The zero-order chi connectivity index (χ0) is 31.8. The van der Waals surface area contributed by atoms with E-state index in [2.05, 4.69) is 29.9 Å². The van der Waals surface area contributed by atoms with Gasteiger partial charge < -0.3 is 25.1 Å². The van der Waals surface area contributed by atoms with Gasteiger partial charge in [0.05, 0.1) is 19.3 Å². The van der Waals surface area contributed by atoms with Gasteiger partial charge in [-0.1, -0.05) is 0 Å². The lowest BCUT2D eigenvalue weighted by Crippen LogP contribution is -2.45. The number of halogens is 2. The fourth-order valence-corrected chi connectivity index (χ4v) is 7.28. The van der Waals surface area contributed by atoms with Gasteiger partial charge in [0.2, 0.25) is 0 Å². The highest BCUT2D eigenvalue weighted by Crippen LogP contribution is 2.50. The molecule has 0 saturated carbocycles. The minimum Gasteiger partial charge on any atom is -0.382 e. The van der Waals surface area contributed by atoms with Gasteiger partial charge in [0.1, 0.15) is 42.1 Å². The van der Waals surface area contributed by atoms with Gasteiger partial charge in [-0.2, -0.15) is 13.1 Å². The molecular formula is C21H23F2N10O10PS. The van der Waals surface area contributed by atoms with Crippen molar-refractivity contribution in [1.82, 2.24) is 43.8 Å². The quantitative estimate of drug-likeness (QED) is 0.187. The Morgan fingerprint density at radius 3 is 2.44 bits per heavy atom. The summed E-state index contributed by atoms with van der Waals surface area (Å²) in [5, 5.41) is 0. The third-order valence-electron chi connectivity index (χ3n) is 7.38. The Hall–Kier alpha value is -3.54. The number of nitrogens with zero attached hydrogens (tertiary/aromatic N) is 7. The summed E-state index contributed by atoms with van der Waals surface area (Å²) in [6.45, 7) is -0.206. The van der Waals surface area contributed by atoms with Crippen LogP contribution in [0, 0.1) is 6.92 Å². The smallest absolute Gasteiger partial charge is 0.382 e. The van der Waals surface area contributed by atoms with E-state index < -0.39 is 86.1 Å². The Bertz CT molecular complexity index is 2010. The molecule has 24 heteroatoms. The fraction of sp³-hybridized carbons (Fsp3) is 0.524. The maximum atomic E-state index is 15.9. The number of phosphoric acid groups is 1. The summed E-state index contributed by atoms with van der Waals surface area (Å²) in [5.74, 6) is 0.175. The maximum Gasteiger partial charge on any atom is 0.472 e. The van der Waals surface area contributed by atoms with E-state index in [1.165, 1.54) is 6.92 Å². The van der Waals surface area contributed by atoms with E-state index in [1.54, 1.807) is 0 Å². The lowest BCUT2D eigenvalue weighted by molar-refractivity contribution is -0.0496. The minimum atomic E-state index is -5.14. The number of fused-ring (bicyclic) bond motifs is 4. The third-order valence-corrected chi connectivity index (χ3v) is 9.36. The van der Waals surface area contributed by atoms with Gasteiger partial charge in [-0.3, -0.25) is 23.0 Å². The van der Waals surface area contributed by atoms with E-state index in [0.717, 1.165) is 28.1 Å². The topological polar surface area (TPSA) is 263 Å². The first kappa shape index (κ1) is 30.1. The molecule has 5 N–H and O–H groups in total. The molecule has 242 valence electrons. The lowest BCUT2D eigenvalue weighted by atomic mass is 10.1. The molecule has 7 heterocycles. The summed E-state index contributed by atoms with van der Waals surface area (Å²) in [6.07, 6.45) is -11.3. The Kier molecular flexibility index (Phi) is 7.22. The number of nitrogens with one attached hydrogen (secondary N) is 2. The number of nitrogen functional groups attached to an aromatic ring is 1. The number of rotatable bonds is 2. The molecule has 45 heavy (non-hydrogen) atoms. The van der Waals surface area contributed by atoms with Crippen molar-refractivity contribution in [3.05, 3.63) is 35.2 Å². The van der Waals surface area contributed by atoms with E-state index in [-0.39, 0.29) is 34.0 Å². The third kappa shape index (κ3) is 5.28. The number of ether oxygens (including phenoxy) is 2. The highest BCUT2D eigenvalue weighted by atomic mass is 32.2. The molecule has 3 aliphatic heterocycles. The molecule has 4 aromatic rings. The van der Waals surface area contributed by atoms with Crippen molar-refractivity contribution in [3.63, 3.8) is 0 Å². The van der Waals surface area contributed by atoms with Crippen LogP contribution in [0.5, 0.6) is 0 Å². The lowest BCUT2D eigenvalue weighted by Gasteiger charge is -2.26. The first-order chi connectivity index (χ1) is 21.3. The van der Waals surface area contributed by atoms with Crippen molar-refractivity contribution in [1.29, 1.82) is 0 Å². The number of imidazole rings is 2. The highest BCUT2D eigenvalue weighted by molar-refractivity contribution is 7.84. The number of anilines is 1. The van der Waals surface area contributed by atoms with Crippen molar-refractivity contribution >= 4 is 46.3 Å². The summed E-state index contributed by atoms with van der Waals surface area (Å²) in [6, 6.07) is 0. The van der Waals surface area contributed by atoms with Crippen LogP contribution >= 0.6 is 7.82 Å². The summed E-state index contributed by atoms with van der Waals surface area (Å²) < 4.78 is 102. The fourth-order valence-electron chi connectivity index (χ4n) is 5.37. The number of aryl methyl sites for hydroxylation is 1. The van der Waals surface area contributed by atoms with Crippen molar-refractivity contribution in [3.8, 4) is 0 Å². The van der Waals surface area contributed by atoms with E-state index in [9.17, 15) is 22.7 Å².